The number of rotatable bonds is 7. The lowest BCUT2D eigenvalue weighted by Crippen LogP contribution is -2.25. The molecule has 2 rings (SSSR count). The molecule has 0 bridgehead atoms. The highest BCUT2D eigenvalue weighted by Crippen LogP contribution is 2.13. The van der Waals surface area contributed by atoms with Crippen molar-refractivity contribution in [2.45, 2.75) is 11.4 Å². The first-order valence-corrected chi connectivity index (χ1v) is 9.02. The van der Waals surface area contributed by atoms with E-state index in [1.807, 2.05) is 0 Å². The molecular formula is C17H17ClN2O3S. The molecule has 1 amide bonds. The Morgan fingerprint density at radius 1 is 1.17 bits per heavy atom. The summed E-state index contributed by atoms with van der Waals surface area (Å²) < 4.78 is 27.3. The van der Waals surface area contributed by atoms with E-state index in [0.717, 1.165) is 5.56 Å². The molecule has 0 fully saturated rings. The minimum Gasteiger partial charge on any atom is -0.349 e. The van der Waals surface area contributed by atoms with E-state index in [2.05, 4.69) is 16.6 Å². The van der Waals surface area contributed by atoms with Gasteiger partial charge < -0.3 is 5.32 Å². The second-order valence-electron chi connectivity index (χ2n) is 4.98. The van der Waals surface area contributed by atoms with Crippen LogP contribution < -0.4 is 10.0 Å². The molecule has 0 saturated heterocycles. The van der Waals surface area contributed by atoms with Gasteiger partial charge in [-0.15, -0.1) is 6.58 Å². The number of hydrogen-bond acceptors (Lipinski definition) is 3. The quantitative estimate of drug-likeness (QED) is 0.742. The van der Waals surface area contributed by atoms with Crippen molar-refractivity contribution in [3.05, 3.63) is 77.3 Å². The van der Waals surface area contributed by atoms with Crippen molar-refractivity contribution in [1.29, 1.82) is 0 Å². The zero-order valence-corrected chi connectivity index (χ0v) is 14.4. The molecule has 0 heterocycles. The van der Waals surface area contributed by atoms with Crippen molar-refractivity contribution < 1.29 is 13.2 Å². The molecule has 0 aromatic heterocycles. The van der Waals surface area contributed by atoms with Crippen LogP contribution in [0.5, 0.6) is 0 Å². The molecule has 2 aromatic rings. The van der Waals surface area contributed by atoms with Gasteiger partial charge in [-0.3, -0.25) is 4.79 Å². The van der Waals surface area contributed by atoms with E-state index in [4.69, 9.17) is 11.6 Å². The Hall–Kier alpha value is -2.15. The van der Waals surface area contributed by atoms with Crippen LogP contribution >= 0.6 is 11.6 Å². The lowest BCUT2D eigenvalue weighted by atomic mass is 10.2. The number of carbonyl (C=O) groups excluding carboxylic acids is 1. The van der Waals surface area contributed by atoms with E-state index in [-0.39, 0.29) is 22.9 Å². The molecular weight excluding hydrogens is 348 g/mol. The van der Waals surface area contributed by atoms with Crippen molar-refractivity contribution in [1.82, 2.24) is 10.0 Å². The van der Waals surface area contributed by atoms with Crippen LogP contribution in [-0.4, -0.2) is 20.9 Å². The molecule has 5 nitrogen and oxygen atoms in total. The van der Waals surface area contributed by atoms with Gasteiger partial charge in [0.1, 0.15) is 0 Å². The van der Waals surface area contributed by atoms with Crippen molar-refractivity contribution in [2.24, 2.45) is 0 Å². The van der Waals surface area contributed by atoms with E-state index in [0.29, 0.717) is 11.6 Å². The first-order chi connectivity index (χ1) is 11.4. The summed E-state index contributed by atoms with van der Waals surface area (Å²) in [5, 5.41) is 3.19. The molecule has 0 unspecified atom stereocenters. The third-order valence-electron chi connectivity index (χ3n) is 3.19. The highest BCUT2D eigenvalue weighted by molar-refractivity contribution is 7.89. The van der Waals surface area contributed by atoms with E-state index >= 15 is 0 Å². The lowest BCUT2D eigenvalue weighted by Gasteiger charge is -2.09. The second-order valence-corrected chi connectivity index (χ2v) is 7.18. The maximum absolute atomic E-state index is 12.4. The Bertz CT molecular complexity index is 833. The highest BCUT2D eigenvalue weighted by atomic mass is 35.5. The van der Waals surface area contributed by atoms with E-state index in [1.165, 1.54) is 18.2 Å². The van der Waals surface area contributed by atoms with Crippen molar-refractivity contribution in [2.75, 3.05) is 6.54 Å². The molecule has 0 spiro atoms. The van der Waals surface area contributed by atoms with Gasteiger partial charge in [-0.25, -0.2) is 13.1 Å². The molecule has 126 valence electrons. The molecule has 0 aliphatic heterocycles. The first-order valence-electron chi connectivity index (χ1n) is 7.15. The van der Waals surface area contributed by atoms with Gasteiger partial charge >= 0.3 is 0 Å². The first kappa shape index (κ1) is 18.2. The molecule has 2 aromatic carbocycles. The lowest BCUT2D eigenvalue weighted by molar-refractivity contribution is 0.0958. The van der Waals surface area contributed by atoms with Crippen LogP contribution in [0, 0.1) is 0 Å². The standard InChI is InChI=1S/C17H17ClN2O3S/c1-2-10-19-17(21)14-4-3-5-16(11-14)24(22,23)20-12-13-6-8-15(18)9-7-13/h2-9,11,20H,1,10,12H2,(H,19,21). The third-order valence-corrected chi connectivity index (χ3v) is 4.84. The van der Waals surface area contributed by atoms with Gasteiger partial charge in [0.05, 0.1) is 4.90 Å². The molecule has 0 aliphatic carbocycles. The van der Waals surface area contributed by atoms with Crippen LogP contribution in [0.1, 0.15) is 15.9 Å². The number of hydrogen-bond donors (Lipinski definition) is 2. The van der Waals surface area contributed by atoms with Crippen molar-refractivity contribution in [3.8, 4) is 0 Å². The predicted molar refractivity (Wildman–Crippen MR) is 94.4 cm³/mol. The van der Waals surface area contributed by atoms with Crippen molar-refractivity contribution >= 4 is 27.5 Å². The van der Waals surface area contributed by atoms with Gasteiger partial charge in [0.25, 0.3) is 5.91 Å². The predicted octanol–water partition coefficient (Wildman–Crippen LogP) is 2.73. The molecule has 0 saturated carbocycles. The molecule has 24 heavy (non-hydrogen) atoms. The van der Waals surface area contributed by atoms with E-state index in [1.54, 1.807) is 36.4 Å². The summed E-state index contributed by atoms with van der Waals surface area (Å²) in [5.74, 6) is -0.357. The number of benzene rings is 2. The second kappa shape index (κ2) is 8.10. The summed E-state index contributed by atoms with van der Waals surface area (Å²) in [5.41, 5.74) is 1.05. The fourth-order valence-electron chi connectivity index (χ4n) is 1.94. The Balaban J connectivity index is 2.12. The molecule has 7 heteroatoms. The maximum atomic E-state index is 12.4. The zero-order chi connectivity index (χ0) is 17.6. The van der Waals surface area contributed by atoms with Crippen LogP contribution in [0.25, 0.3) is 0 Å². The van der Waals surface area contributed by atoms with Gasteiger partial charge in [-0.05, 0) is 35.9 Å². The van der Waals surface area contributed by atoms with Gasteiger partial charge in [0.2, 0.25) is 10.0 Å². The maximum Gasteiger partial charge on any atom is 0.251 e. The molecule has 0 radical (unpaired) electrons. The Kier molecular flexibility index (Phi) is 6.14. The summed E-state index contributed by atoms with van der Waals surface area (Å²) in [7, 11) is -3.73. The largest absolute Gasteiger partial charge is 0.349 e. The molecule has 0 aliphatic rings. The van der Waals surface area contributed by atoms with E-state index in [9.17, 15) is 13.2 Å². The minimum atomic E-state index is -3.73. The summed E-state index contributed by atoms with van der Waals surface area (Å²) in [6, 6.07) is 12.7. The van der Waals surface area contributed by atoms with Crippen LogP contribution in [0.4, 0.5) is 0 Å². The topological polar surface area (TPSA) is 75.3 Å². The van der Waals surface area contributed by atoms with Gasteiger partial charge in [0.15, 0.2) is 0 Å². The number of sulfonamides is 1. The number of amides is 1. The number of nitrogens with one attached hydrogen (secondary N) is 2. The monoisotopic (exact) mass is 364 g/mol. The van der Waals surface area contributed by atoms with E-state index < -0.39 is 10.0 Å². The SMILES string of the molecule is C=CCNC(=O)c1cccc(S(=O)(=O)NCc2ccc(Cl)cc2)c1. The third kappa shape index (κ3) is 4.92. The fraction of sp³-hybridized carbons (Fsp3) is 0.118. The van der Waals surface area contributed by atoms with Gasteiger partial charge in [-0.1, -0.05) is 35.9 Å². The normalized spacial score (nSPS) is 11.0. The summed E-state index contributed by atoms with van der Waals surface area (Å²) in [4.78, 5) is 11.9. The van der Waals surface area contributed by atoms with Crippen molar-refractivity contribution in [3.63, 3.8) is 0 Å². The van der Waals surface area contributed by atoms with Crippen LogP contribution in [0.3, 0.4) is 0 Å². The summed E-state index contributed by atoms with van der Waals surface area (Å²) >= 11 is 5.80. The molecule has 0 atom stereocenters. The highest BCUT2D eigenvalue weighted by Gasteiger charge is 2.16. The summed E-state index contributed by atoms with van der Waals surface area (Å²) in [6.45, 7) is 3.95. The average molecular weight is 365 g/mol. The number of carbonyl (C=O) groups is 1. The minimum absolute atomic E-state index is 0.0303. The Morgan fingerprint density at radius 2 is 1.88 bits per heavy atom. The Labute approximate surface area is 146 Å². The molecule has 2 N–H and O–H groups in total. The summed E-state index contributed by atoms with van der Waals surface area (Å²) in [6.07, 6.45) is 1.55. The Morgan fingerprint density at radius 3 is 2.54 bits per heavy atom. The average Bonchev–Trinajstić information content (AvgIpc) is 2.59. The van der Waals surface area contributed by atoms with Crippen LogP contribution in [-0.2, 0) is 16.6 Å². The fourth-order valence-corrected chi connectivity index (χ4v) is 3.12. The van der Waals surface area contributed by atoms with Crippen LogP contribution in [0.2, 0.25) is 5.02 Å². The van der Waals surface area contributed by atoms with Gasteiger partial charge in [0, 0.05) is 23.7 Å². The smallest absolute Gasteiger partial charge is 0.251 e. The zero-order valence-electron chi connectivity index (χ0n) is 12.8. The van der Waals surface area contributed by atoms with Crippen LogP contribution in [0.15, 0.2) is 66.1 Å². The van der Waals surface area contributed by atoms with Gasteiger partial charge in [-0.2, -0.15) is 0 Å². The number of halogens is 1.